The number of allylic oxidation sites excluding steroid dienone is 8. The minimum atomic E-state index is -2.88. The van der Waals surface area contributed by atoms with Crippen LogP contribution in [-0.4, -0.2) is 3.76 Å². The zero-order valence-electron chi connectivity index (χ0n) is 16.6. The Morgan fingerprint density at radius 2 is 1.26 bits per heavy atom. The van der Waals surface area contributed by atoms with Crippen molar-refractivity contribution in [3.8, 4) is 0 Å². The van der Waals surface area contributed by atoms with Crippen LogP contribution in [-0.2, 0) is 19.5 Å². The average molecular weight is 522 g/mol. The molecular weight excluding hydrogens is 491 g/mol. The van der Waals surface area contributed by atoms with Crippen LogP contribution >= 0.6 is 0 Å². The topological polar surface area (TPSA) is 0 Å². The summed E-state index contributed by atoms with van der Waals surface area (Å²) < 4.78 is 7.14. The quantitative estimate of drug-likeness (QED) is 0.361. The van der Waals surface area contributed by atoms with E-state index in [9.17, 15) is 0 Å². The third kappa shape index (κ3) is 3.20. The van der Waals surface area contributed by atoms with Crippen molar-refractivity contribution < 1.29 is 19.5 Å². The molecule has 1 aromatic rings. The van der Waals surface area contributed by atoms with Crippen molar-refractivity contribution in [3.05, 3.63) is 82.5 Å². The Balaban J connectivity index is 1.64. The summed E-state index contributed by atoms with van der Waals surface area (Å²) in [5.74, 6) is 0. The van der Waals surface area contributed by atoms with Crippen LogP contribution in [0.4, 0.5) is 0 Å². The number of hydrogen-bond donors (Lipinski definition) is 0. The molecule has 1 aromatic carbocycles. The first kappa shape index (κ1) is 18.0. The number of rotatable bonds is 3. The molecule has 0 amide bonds. The molecule has 5 rings (SSSR count). The molecular formula is C26H31Hf. The number of hydrogen-bond acceptors (Lipinski definition) is 0. The van der Waals surface area contributed by atoms with Gasteiger partial charge in [-0.1, -0.05) is 0 Å². The molecule has 0 aliphatic heterocycles. The molecule has 27 heavy (non-hydrogen) atoms. The van der Waals surface area contributed by atoms with Crippen LogP contribution in [0.15, 0.2) is 76.9 Å². The second-order valence-corrected chi connectivity index (χ2v) is 24.4. The van der Waals surface area contributed by atoms with Gasteiger partial charge in [0.15, 0.2) is 0 Å². The van der Waals surface area contributed by atoms with Crippen molar-refractivity contribution >= 4 is 3.76 Å². The van der Waals surface area contributed by atoms with Gasteiger partial charge in [0.2, 0.25) is 0 Å². The fourth-order valence-corrected chi connectivity index (χ4v) is 23.5. The molecule has 0 fully saturated rings. The van der Waals surface area contributed by atoms with Crippen LogP contribution < -0.4 is 0 Å². The predicted octanol–water partition coefficient (Wildman–Crippen LogP) is 7.50. The van der Waals surface area contributed by atoms with Gasteiger partial charge in [0.1, 0.15) is 0 Å². The zero-order chi connectivity index (χ0) is 18.3. The Morgan fingerprint density at radius 1 is 0.741 bits per heavy atom. The van der Waals surface area contributed by atoms with Gasteiger partial charge in [0.25, 0.3) is 0 Å². The minimum absolute atomic E-state index is 0.774. The molecule has 0 saturated carbocycles. The van der Waals surface area contributed by atoms with E-state index in [4.69, 9.17) is 0 Å². The van der Waals surface area contributed by atoms with Crippen molar-refractivity contribution in [2.75, 3.05) is 0 Å². The summed E-state index contributed by atoms with van der Waals surface area (Å²) in [6.45, 7) is 0. The summed E-state index contributed by atoms with van der Waals surface area (Å²) in [6, 6.07) is 11.3. The molecule has 2 unspecified atom stereocenters. The molecule has 0 N–H and O–H groups in total. The van der Waals surface area contributed by atoms with Gasteiger partial charge in [-0.3, -0.25) is 0 Å². The van der Waals surface area contributed by atoms with Crippen LogP contribution in [0, 0.1) is 0 Å². The summed E-state index contributed by atoms with van der Waals surface area (Å²) in [6.07, 6.45) is 21.3. The van der Waals surface area contributed by atoms with E-state index in [1.54, 1.807) is 11.1 Å². The molecule has 0 bridgehead atoms. The molecule has 4 aliphatic carbocycles. The SMILES string of the molecule is [CH3][Hf](=[CH]c1ccccc1)([CH]1C=CC2=C1CCCC2)[CH]1C=CC2=C1CCCC2. The molecule has 0 saturated heterocycles. The van der Waals surface area contributed by atoms with Gasteiger partial charge in [-0.15, -0.1) is 0 Å². The third-order valence-corrected chi connectivity index (χ3v) is 24.4. The molecule has 0 spiro atoms. The van der Waals surface area contributed by atoms with Crippen molar-refractivity contribution in [1.82, 2.24) is 0 Å². The zero-order valence-corrected chi connectivity index (χ0v) is 20.2. The standard InChI is InChI=1S/2C9H11.C7H6.CH3.Hf/c2*1-2-5-9-7-3-6-8(9)4-1;1-7-5-3-2-4-6-7;;/h2*3,6-7H,1-2,4-5H2;1-6H;1H3;. The van der Waals surface area contributed by atoms with Gasteiger partial charge in [-0.25, -0.2) is 0 Å². The van der Waals surface area contributed by atoms with Gasteiger partial charge >= 0.3 is 169 Å². The molecule has 2 atom stereocenters. The van der Waals surface area contributed by atoms with Gasteiger partial charge in [-0.2, -0.15) is 0 Å². The monoisotopic (exact) mass is 523 g/mol. The Hall–Kier alpha value is -1.08. The van der Waals surface area contributed by atoms with Crippen molar-refractivity contribution in [3.63, 3.8) is 0 Å². The second kappa shape index (κ2) is 7.39. The van der Waals surface area contributed by atoms with E-state index in [0.29, 0.717) is 0 Å². The van der Waals surface area contributed by atoms with E-state index >= 15 is 0 Å². The molecule has 0 heterocycles. The van der Waals surface area contributed by atoms with Crippen LogP contribution in [0.2, 0.25) is 12.0 Å². The number of benzene rings is 1. The summed E-state index contributed by atoms with van der Waals surface area (Å²) in [4.78, 5) is 0. The van der Waals surface area contributed by atoms with E-state index in [1.165, 1.54) is 56.9 Å². The third-order valence-electron chi connectivity index (χ3n) is 7.46. The Labute approximate surface area is 168 Å². The van der Waals surface area contributed by atoms with Crippen LogP contribution in [0.5, 0.6) is 0 Å². The first-order valence-electron chi connectivity index (χ1n) is 11.0. The average Bonchev–Trinajstić information content (AvgIpc) is 3.34. The van der Waals surface area contributed by atoms with Gasteiger partial charge in [0, 0.05) is 0 Å². The van der Waals surface area contributed by atoms with E-state index in [-0.39, 0.29) is 0 Å². The summed E-state index contributed by atoms with van der Waals surface area (Å²) >= 11 is -2.88. The molecule has 0 aromatic heterocycles. The Bertz CT molecular complexity index is 855. The van der Waals surface area contributed by atoms with E-state index in [1.807, 2.05) is 11.1 Å². The maximum absolute atomic E-state index is 2.88. The van der Waals surface area contributed by atoms with Crippen molar-refractivity contribution in [2.45, 2.75) is 63.4 Å². The van der Waals surface area contributed by atoms with Gasteiger partial charge in [-0.05, 0) is 0 Å². The van der Waals surface area contributed by atoms with Gasteiger partial charge in [0.05, 0.1) is 0 Å². The van der Waals surface area contributed by atoms with Crippen molar-refractivity contribution in [2.24, 2.45) is 0 Å². The fraction of sp³-hybridized carbons (Fsp3) is 0.423. The van der Waals surface area contributed by atoms with Crippen molar-refractivity contribution in [1.29, 1.82) is 0 Å². The second-order valence-electron chi connectivity index (χ2n) is 9.11. The van der Waals surface area contributed by atoms with Gasteiger partial charge < -0.3 is 0 Å². The van der Waals surface area contributed by atoms with E-state index in [2.05, 4.69) is 63.1 Å². The molecule has 0 radical (unpaired) electrons. The van der Waals surface area contributed by atoms with E-state index < -0.39 is 19.5 Å². The van der Waals surface area contributed by atoms with Crippen LogP contribution in [0.3, 0.4) is 0 Å². The fourth-order valence-electron chi connectivity index (χ4n) is 6.10. The molecule has 1 heteroatoms. The normalized spacial score (nSPS) is 28.9. The summed E-state index contributed by atoms with van der Waals surface area (Å²) in [7, 11) is 0. The van der Waals surface area contributed by atoms with E-state index in [0.717, 1.165) is 7.35 Å². The first-order chi connectivity index (χ1) is 13.3. The Morgan fingerprint density at radius 3 is 1.81 bits per heavy atom. The van der Waals surface area contributed by atoms with Crippen LogP contribution in [0.25, 0.3) is 0 Å². The summed E-state index contributed by atoms with van der Waals surface area (Å²) in [5.41, 5.74) is 8.57. The van der Waals surface area contributed by atoms with Crippen LogP contribution in [0.1, 0.15) is 56.9 Å². The molecule has 4 aliphatic rings. The first-order valence-corrected chi connectivity index (χ1v) is 20.8. The maximum atomic E-state index is 2.83. The predicted molar refractivity (Wildman–Crippen MR) is 114 cm³/mol. The molecule has 0 nitrogen and oxygen atoms in total. The molecule has 139 valence electrons. The summed E-state index contributed by atoms with van der Waals surface area (Å²) in [5, 5.41) is 0. The Kier molecular flexibility index (Phi) is 4.92.